The lowest BCUT2D eigenvalue weighted by molar-refractivity contribution is 0.0159. The van der Waals surface area contributed by atoms with Gasteiger partial charge in [-0.05, 0) is 20.8 Å². The van der Waals surface area contributed by atoms with Crippen LogP contribution in [-0.2, 0) is 4.74 Å². The molecule has 4 nitrogen and oxygen atoms in total. The molecule has 0 saturated heterocycles. The molecule has 0 aromatic heterocycles. The monoisotopic (exact) mass is 250 g/mol. The Morgan fingerprint density at radius 1 is 1.47 bits per heavy atom. The van der Waals surface area contributed by atoms with E-state index in [2.05, 4.69) is 0 Å². The van der Waals surface area contributed by atoms with E-state index in [0.717, 1.165) is 0 Å². The summed E-state index contributed by atoms with van der Waals surface area (Å²) in [6, 6.07) is 0. The standard InChI is InChI=1S/C11H20F2N2O2/c1-9(2,3)17-8(16)15(4)7-10(6-14)5-11(10,12)13/h5-7,14H2,1-4H3. The Hall–Kier alpha value is -0.910. The zero-order valence-electron chi connectivity index (χ0n) is 10.7. The lowest BCUT2D eigenvalue weighted by Crippen LogP contribution is -2.41. The van der Waals surface area contributed by atoms with E-state index in [9.17, 15) is 13.6 Å². The van der Waals surface area contributed by atoms with Crippen molar-refractivity contribution in [2.45, 2.75) is 38.7 Å². The molecule has 6 heteroatoms. The van der Waals surface area contributed by atoms with Gasteiger partial charge in [-0.1, -0.05) is 0 Å². The minimum Gasteiger partial charge on any atom is -0.444 e. The van der Waals surface area contributed by atoms with Crippen molar-refractivity contribution in [3.63, 3.8) is 0 Å². The van der Waals surface area contributed by atoms with E-state index in [1.165, 1.54) is 11.9 Å². The van der Waals surface area contributed by atoms with E-state index in [1.54, 1.807) is 20.8 Å². The van der Waals surface area contributed by atoms with Crippen molar-refractivity contribution in [2.24, 2.45) is 11.1 Å². The number of carbonyl (C=O) groups is 1. The Kier molecular flexibility index (Phi) is 3.40. The quantitative estimate of drug-likeness (QED) is 0.831. The van der Waals surface area contributed by atoms with Crippen molar-refractivity contribution in [1.82, 2.24) is 4.90 Å². The normalized spacial score (nSPS) is 26.5. The molecule has 1 fully saturated rings. The first kappa shape index (κ1) is 14.2. The predicted molar refractivity (Wildman–Crippen MR) is 59.9 cm³/mol. The topological polar surface area (TPSA) is 55.6 Å². The van der Waals surface area contributed by atoms with Crippen LogP contribution in [0, 0.1) is 5.41 Å². The second kappa shape index (κ2) is 4.08. The first-order valence-corrected chi connectivity index (χ1v) is 5.55. The van der Waals surface area contributed by atoms with Crippen molar-refractivity contribution in [3.05, 3.63) is 0 Å². The van der Waals surface area contributed by atoms with E-state index in [0.29, 0.717) is 0 Å². The summed E-state index contributed by atoms with van der Waals surface area (Å²) in [5.74, 6) is -2.77. The van der Waals surface area contributed by atoms with Crippen LogP contribution in [0.15, 0.2) is 0 Å². The summed E-state index contributed by atoms with van der Waals surface area (Å²) in [5.41, 5.74) is 3.46. The van der Waals surface area contributed by atoms with Gasteiger partial charge in [0.2, 0.25) is 0 Å². The Morgan fingerprint density at radius 2 is 1.94 bits per heavy atom. The van der Waals surface area contributed by atoms with Crippen molar-refractivity contribution in [1.29, 1.82) is 0 Å². The molecular formula is C11H20F2N2O2. The Morgan fingerprint density at radius 3 is 2.24 bits per heavy atom. The van der Waals surface area contributed by atoms with Gasteiger partial charge in [-0.2, -0.15) is 0 Å². The van der Waals surface area contributed by atoms with Crippen LogP contribution < -0.4 is 5.73 Å². The SMILES string of the molecule is CN(CC1(CN)CC1(F)F)C(=O)OC(C)(C)C. The van der Waals surface area contributed by atoms with Gasteiger partial charge in [0.05, 0.1) is 5.41 Å². The number of halogens is 2. The number of ether oxygens (including phenoxy) is 1. The maximum Gasteiger partial charge on any atom is 0.410 e. The number of rotatable bonds is 3. The summed E-state index contributed by atoms with van der Waals surface area (Å²) >= 11 is 0. The van der Waals surface area contributed by atoms with Gasteiger partial charge in [0, 0.05) is 26.6 Å². The number of carbonyl (C=O) groups excluding carboxylic acids is 1. The highest BCUT2D eigenvalue weighted by Crippen LogP contribution is 2.60. The molecule has 1 atom stereocenters. The molecule has 1 aliphatic rings. The fourth-order valence-electron chi connectivity index (χ4n) is 1.70. The number of alkyl halides is 2. The number of hydrogen-bond acceptors (Lipinski definition) is 3. The number of nitrogens with zero attached hydrogens (tertiary/aromatic N) is 1. The predicted octanol–water partition coefficient (Wildman–Crippen LogP) is 1.84. The van der Waals surface area contributed by atoms with Crippen molar-refractivity contribution >= 4 is 6.09 Å². The number of nitrogens with two attached hydrogens (primary N) is 1. The molecule has 17 heavy (non-hydrogen) atoms. The smallest absolute Gasteiger partial charge is 0.410 e. The van der Waals surface area contributed by atoms with E-state index >= 15 is 0 Å². The molecule has 0 bridgehead atoms. The molecule has 1 saturated carbocycles. The van der Waals surface area contributed by atoms with E-state index < -0.39 is 23.0 Å². The average Bonchev–Trinajstić information content (AvgIpc) is 2.65. The average molecular weight is 250 g/mol. The molecule has 0 spiro atoms. The molecule has 0 aromatic carbocycles. The molecule has 0 aliphatic heterocycles. The van der Waals surface area contributed by atoms with Gasteiger partial charge in [0.1, 0.15) is 5.60 Å². The van der Waals surface area contributed by atoms with Crippen LogP contribution in [0.4, 0.5) is 13.6 Å². The fraction of sp³-hybridized carbons (Fsp3) is 0.909. The fourth-order valence-corrected chi connectivity index (χ4v) is 1.70. The highest BCUT2D eigenvalue weighted by Gasteiger charge is 2.70. The van der Waals surface area contributed by atoms with Gasteiger partial charge >= 0.3 is 6.09 Å². The number of hydrogen-bond donors (Lipinski definition) is 1. The maximum absolute atomic E-state index is 13.2. The Balaban J connectivity index is 2.56. The molecule has 0 radical (unpaired) electrons. The summed E-state index contributed by atoms with van der Waals surface area (Å²) < 4.78 is 31.4. The lowest BCUT2D eigenvalue weighted by Gasteiger charge is -2.27. The van der Waals surface area contributed by atoms with Gasteiger partial charge in [-0.15, -0.1) is 0 Å². The van der Waals surface area contributed by atoms with Crippen LogP contribution in [0.2, 0.25) is 0 Å². The van der Waals surface area contributed by atoms with Crippen LogP contribution in [0.25, 0.3) is 0 Å². The summed E-state index contributed by atoms with van der Waals surface area (Å²) in [4.78, 5) is 12.8. The van der Waals surface area contributed by atoms with Crippen LogP contribution in [0.3, 0.4) is 0 Å². The maximum atomic E-state index is 13.2. The summed E-state index contributed by atoms with van der Waals surface area (Å²) in [6.07, 6.45) is -0.864. The molecule has 1 rings (SSSR count). The van der Waals surface area contributed by atoms with Gasteiger partial charge < -0.3 is 15.4 Å². The molecule has 100 valence electrons. The minimum atomic E-state index is -2.77. The third-order valence-corrected chi connectivity index (χ3v) is 2.85. The third-order valence-electron chi connectivity index (χ3n) is 2.85. The molecule has 0 heterocycles. The van der Waals surface area contributed by atoms with Gasteiger partial charge in [0.15, 0.2) is 0 Å². The molecule has 2 N–H and O–H groups in total. The molecular weight excluding hydrogens is 230 g/mol. The molecule has 0 aromatic rings. The first-order chi connectivity index (χ1) is 7.53. The third kappa shape index (κ3) is 3.06. The van der Waals surface area contributed by atoms with E-state index in [-0.39, 0.29) is 19.5 Å². The molecule has 1 unspecified atom stereocenters. The second-order valence-corrected chi connectivity index (χ2v) is 5.70. The van der Waals surface area contributed by atoms with E-state index in [1.807, 2.05) is 0 Å². The summed E-state index contributed by atoms with van der Waals surface area (Å²) in [6.45, 7) is 4.97. The summed E-state index contributed by atoms with van der Waals surface area (Å²) in [7, 11) is 1.44. The highest BCUT2D eigenvalue weighted by molar-refractivity contribution is 5.67. The van der Waals surface area contributed by atoms with Gasteiger partial charge in [0.25, 0.3) is 5.92 Å². The zero-order valence-corrected chi connectivity index (χ0v) is 10.7. The lowest BCUT2D eigenvalue weighted by atomic mass is 10.1. The highest BCUT2D eigenvalue weighted by atomic mass is 19.3. The molecule has 1 aliphatic carbocycles. The minimum absolute atomic E-state index is 0.0780. The Labute approximate surface area is 100 Å². The van der Waals surface area contributed by atoms with E-state index in [4.69, 9.17) is 10.5 Å². The van der Waals surface area contributed by atoms with Crippen LogP contribution >= 0.6 is 0 Å². The van der Waals surface area contributed by atoms with Crippen LogP contribution in [0.1, 0.15) is 27.2 Å². The van der Waals surface area contributed by atoms with Crippen LogP contribution in [0.5, 0.6) is 0 Å². The van der Waals surface area contributed by atoms with Gasteiger partial charge in [-0.3, -0.25) is 0 Å². The first-order valence-electron chi connectivity index (χ1n) is 5.55. The van der Waals surface area contributed by atoms with Gasteiger partial charge in [-0.25, -0.2) is 13.6 Å². The summed E-state index contributed by atoms with van der Waals surface area (Å²) in [5, 5.41) is 0. The van der Waals surface area contributed by atoms with Crippen molar-refractivity contribution in [3.8, 4) is 0 Å². The van der Waals surface area contributed by atoms with Crippen molar-refractivity contribution < 1.29 is 18.3 Å². The number of amides is 1. The second-order valence-electron chi connectivity index (χ2n) is 5.70. The van der Waals surface area contributed by atoms with Crippen molar-refractivity contribution in [2.75, 3.05) is 20.1 Å². The van der Waals surface area contributed by atoms with Crippen LogP contribution in [-0.4, -0.2) is 42.7 Å². The zero-order chi connectivity index (χ0) is 13.5. The molecule has 1 amide bonds. The Bertz CT molecular complexity index is 315. The largest absolute Gasteiger partial charge is 0.444 e.